The maximum absolute atomic E-state index is 13.8. The number of anilines is 1. The second kappa shape index (κ2) is 10.6. The van der Waals surface area contributed by atoms with Crippen molar-refractivity contribution in [1.29, 1.82) is 0 Å². The molecule has 0 spiro atoms. The third-order valence-electron chi connectivity index (χ3n) is 6.76. The summed E-state index contributed by atoms with van der Waals surface area (Å²) in [6.07, 6.45) is 1.63. The Labute approximate surface area is 223 Å². The van der Waals surface area contributed by atoms with Crippen LogP contribution in [0.4, 0.5) is 5.69 Å². The van der Waals surface area contributed by atoms with E-state index in [9.17, 15) is 19.2 Å². The number of aryl methyl sites for hydroxylation is 1. The molecule has 0 bridgehead atoms. The number of nitrogens with zero attached hydrogens (tertiary/aromatic N) is 3. The lowest BCUT2D eigenvalue weighted by molar-refractivity contribution is -0.134. The summed E-state index contributed by atoms with van der Waals surface area (Å²) in [7, 11) is 0. The fraction of sp³-hybridized carbons (Fsp3) is 0.385. The molecule has 1 aliphatic rings. The lowest BCUT2D eigenvalue weighted by Crippen LogP contribution is -2.45. The number of benzene rings is 2. The van der Waals surface area contributed by atoms with Gasteiger partial charge in [-0.25, -0.2) is 14.2 Å². The minimum absolute atomic E-state index is 0.00553. The summed E-state index contributed by atoms with van der Waals surface area (Å²) in [6.45, 7) is 5.34. The molecular formula is C26H28Cl2N4O5. The van der Waals surface area contributed by atoms with E-state index in [1.807, 2.05) is 13.0 Å². The zero-order chi connectivity index (χ0) is 26.9. The van der Waals surface area contributed by atoms with Crippen LogP contribution >= 0.6 is 23.2 Å². The molecule has 11 heteroatoms. The predicted molar refractivity (Wildman–Crippen MR) is 141 cm³/mol. The first kappa shape index (κ1) is 26.8. The normalized spacial score (nSPS) is 14.7. The smallest absolute Gasteiger partial charge is 0.382 e. The topological polar surface area (TPSA) is 104 Å². The Morgan fingerprint density at radius 3 is 2.32 bits per heavy atom. The van der Waals surface area contributed by atoms with Gasteiger partial charge in [-0.05, 0) is 56.4 Å². The molecular weight excluding hydrogens is 519 g/mol. The van der Waals surface area contributed by atoms with Gasteiger partial charge in [0.15, 0.2) is 11.8 Å². The summed E-state index contributed by atoms with van der Waals surface area (Å²) in [5.41, 5.74) is -0.914. The predicted octanol–water partition coefficient (Wildman–Crippen LogP) is 3.86. The van der Waals surface area contributed by atoms with Crippen LogP contribution in [0.25, 0.3) is 0 Å². The lowest BCUT2D eigenvalue weighted by Gasteiger charge is -2.21. The monoisotopic (exact) mass is 546 g/mol. The minimum atomic E-state index is -1.71. The first-order valence-electron chi connectivity index (χ1n) is 12.1. The van der Waals surface area contributed by atoms with Gasteiger partial charge in [0, 0.05) is 10.4 Å². The third kappa shape index (κ3) is 5.10. The van der Waals surface area contributed by atoms with Crippen LogP contribution in [0.1, 0.15) is 50.3 Å². The quantitative estimate of drug-likeness (QED) is 0.389. The third-order valence-corrected chi connectivity index (χ3v) is 7.48. The highest BCUT2D eigenvalue weighted by Gasteiger charge is 2.53. The van der Waals surface area contributed by atoms with E-state index < -0.39 is 34.5 Å². The standard InChI is InChI=1S/C26H28Cl2N4O5/c1-4-26(11-12-26)22(33)21(23(34)29-20-13-16(3)18(27)14-19(20)28)31-24(35)30(32(25(31)36)37-5-2)15-17-9-7-6-8-10-17/h6-10,13-14,21H,4-5,11-12,15H2,1-3H3,(H,29,34). The van der Waals surface area contributed by atoms with Crippen LogP contribution in [0.2, 0.25) is 10.0 Å². The van der Waals surface area contributed by atoms with Crippen molar-refractivity contribution in [1.82, 2.24) is 14.1 Å². The van der Waals surface area contributed by atoms with Gasteiger partial charge in [-0.2, -0.15) is 4.68 Å². The van der Waals surface area contributed by atoms with Crippen molar-refractivity contribution in [2.24, 2.45) is 5.41 Å². The van der Waals surface area contributed by atoms with Crippen molar-refractivity contribution in [3.05, 3.63) is 84.6 Å². The number of nitrogens with one attached hydrogen (secondary N) is 1. The minimum Gasteiger partial charge on any atom is -0.394 e. The Bertz CT molecular complexity index is 1450. The summed E-state index contributed by atoms with van der Waals surface area (Å²) in [5, 5.41) is 3.21. The number of carbonyl (C=O) groups excluding carboxylic acids is 2. The summed E-state index contributed by atoms with van der Waals surface area (Å²) in [6, 6.07) is 10.4. The van der Waals surface area contributed by atoms with E-state index in [2.05, 4.69) is 5.32 Å². The molecule has 37 heavy (non-hydrogen) atoms. The van der Waals surface area contributed by atoms with Crippen molar-refractivity contribution in [3.8, 4) is 0 Å². The van der Waals surface area contributed by atoms with Crippen LogP contribution in [-0.4, -0.2) is 32.4 Å². The fourth-order valence-electron chi connectivity index (χ4n) is 4.36. The number of halogens is 2. The summed E-state index contributed by atoms with van der Waals surface area (Å²) in [4.78, 5) is 60.8. The number of hydrogen-bond donors (Lipinski definition) is 1. The maximum Gasteiger partial charge on any atom is 0.382 e. The Morgan fingerprint density at radius 2 is 1.73 bits per heavy atom. The van der Waals surface area contributed by atoms with Crippen LogP contribution in [0.3, 0.4) is 0 Å². The molecule has 1 heterocycles. The van der Waals surface area contributed by atoms with Gasteiger partial charge in [0.25, 0.3) is 5.91 Å². The zero-order valence-electron chi connectivity index (χ0n) is 20.8. The summed E-state index contributed by atoms with van der Waals surface area (Å²) < 4.78 is 1.77. The molecule has 1 N–H and O–H groups in total. The largest absolute Gasteiger partial charge is 0.394 e. The van der Waals surface area contributed by atoms with E-state index in [4.69, 9.17) is 28.0 Å². The number of aromatic nitrogens is 3. The van der Waals surface area contributed by atoms with Crippen molar-refractivity contribution in [3.63, 3.8) is 0 Å². The molecule has 1 aliphatic carbocycles. The number of ketones is 1. The average molecular weight is 547 g/mol. The molecule has 1 amide bonds. The number of Topliss-reactive ketones (excluding diaryl/α,β-unsaturated/α-hetero) is 1. The van der Waals surface area contributed by atoms with Gasteiger partial charge in [0.1, 0.15) is 6.61 Å². The van der Waals surface area contributed by atoms with E-state index in [1.54, 1.807) is 44.2 Å². The van der Waals surface area contributed by atoms with Gasteiger partial charge in [-0.3, -0.25) is 9.59 Å². The number of amides is 1. The SMILES string of the molecule is CCOn1c(=O)n(C(C(=O)Nc2cc(C)c(Cl)cc2Cl)C(=O)C2(CC)CC2)c(=O)n1Cc1ccccc1. The highest BCUT2D eigenvalue weighted by Crippen LogP contribution is 2.51. The molecule has 0 radical (unpaired) electrons. The van der Waals surface area contributed by atoms with Crippen molar-refractivity contribution >= 4 is 40.6 Å². The van der Waals surface area contributed by atoms with Gasteiger partial charge in [0.2, 0.25) is 0 Å². The van der Waals surface area contributed by atoms with E-state index in [1.165, 1.54) is 6.07 Å². The molecule has 1 unspecified atom stereocenters. The van der Waals surface area contributed by atoms with Gasteiger partial charge in [-0.15, -0.1) is 0 Å². The molecule has 1 fully saturated rings. The number of hydrogen-bond acceptors (Lipinski definition) is 5. The first-order valence-corrected chi connectivity index (χ1v) is 12.8. The molecule has 4 rings (SSSR count). The average Bonchev–Trinajstić information content (AvgIpc) is 3.65. The van der Waals surface area contributed by atoms with Crippen LogP contribution in [0.15, 0.2) is 52.1 Å². The van der Waals surface area contributed by atoms with E-state index in [0.29, 0.717) is 34.4 Å². The first-order chi connectivity index (χ1) is 17.6. The zero-order valence-corrected chi connectivity index (χ0v) is 22.3. The highest BCUT2D eigenvalue weighted by molar-refractivity contribution is 6.37. The van der Waals surface area contributed by atoms with Crippen LogP contribution < -0.4 is 21.5 Å². The van der Waals surface area contributed by atoms with Crippen LogP contribution in [0, 0.1) is 12.3 Å². The fourth-order valence-corrected chi connectivity index (χ4v) is 4.79. The second-order valence-electron chi connectivity index (χ2n) is 9.14. The highest BCUT2D eigenvalue weighted by atomic mass is 35.5. The Morgan fingerprint density at radius 1 is 1.05 bits per heavy atom. The van der Waals surface area contributed by atoms with Crippen molar-refractivity contribution in [2.45, 2.75) is 52.6 Å². The number of carbonyl (C=O) groups is 2. The van der Waals surface area contributed by atoms with E-state index in [0.717, 1.165) is 15.1 Å². The van der Waals surface area contributed by atoms with E-state index in [-0.39, 0.29) is 23.9 Å². The van der Waals surface area contributed by atoms with Gasteiger partial charge in [-0.1, -0.05) is 65.3 Å². The lowest BCUT2D eigenvalue weighted by atomic mass is 9.91. The van der Waals surface area contributed by atoms with Crippen molar-refractivity contribution in [2.75, 3.05) is 11.9 Å². The van der Waals surface area contributed by atoms with Crippen molar-refractivity contribution < 1.29 is 14.4 Å². The van der Waals surface area contributed by atoms with Crippen LogP contribution in [-0.2, 0) is 16.1 Å². The Kier molecular flexibility index (Phi) is 7.66. The van der Waals surface area contributed by atoms with Gasteiger partial charge >= 0.3 is 11.4 Å². The van der Waals surface area contributed by atoms with Gasteiger partial charge < -0.3 is 10.2 Å². The molecule has 0 saturated heterocycles. The van der Waals surface area contributed by atoms with Gasteiger partial charge in [0.05, 0.1) is 17.3 Å². The number of rotatable bonds is 10. The maximum atomic E-state index is 13.8. The van der Waals surface area contributed by atoms with Crippen LogP contribution in [0.5, 0.6) is 0 Å². The molecule has 3 aromatic rings. The van der Waals surface area contributed by atoms with E-state index >= 15 is 0 Å². The molecule has 0 aliphatic heterocycles. The Hall–Kier alpha value is -3.30. The second-order valence-corrected chi connectivity index (χ2v) is 9.95. The molecule has 2 aromatic carbocycles. The molecule has 1 atom stereocenters. The summed E-state index contributed by atoms with van der Waals surface area (Å²) >= 11 is 12.4. The molecule has 196 valence electrons. The molecule has 1 aromatic heterocycles. The summed E-state index contributed by atoms with van der Waals surface area (Å²) in [5.74, 6) is -1.33. The molecule has 1 saturated carbocycles. The molecule has 9 nitrogen and oxygen atoms in total. The Balaban J connectivity index is 1.84.